The third-order valence-corrected chi connectivity index (χ3v) is 6.71. The Hall–Kier alpha value is -3.09. The predicted octanol–water partition coefficient (Wildman–Crippen LogP) is 5.58. The quantitative estimate of drug-likeness (QED) is 0.502. The smallest absolute Gasteiger partial charge is 0.410 e. The summed E-state index contributed by atoms with van der Waals surface area (Å²) in [6.45, 7) is 10.5. The van der Waals surface area contributed by atoms with Crippen LogP contribution in [0.15, 0.2) is 48.5 Å². The Morgan fingerprint density at radius 2 is 1.67 bits per heavy atom. The molecule has 4 rings (SSSR count). The minimum absolute atomic E-state index is 0.0152. The Morgan fingerprint density at radius 3 is 2.25 bits per heavy atom. The molecule has 0 unspecified atom stereocenters. The van der Waals surface area contributed by atoms with Gasteiger partial charge in [0.05, 0.1) is 24.6 Å². The molecule has 0 radical (unpaired) electrons. The van der Waals surface area contributed by atoms with Gasteiger partial charge in [0.15, 0.2) is 0 Å². The number of ether oxygens (including phenoxy) is 2. The van der Waals surface area contributed by atoms with Gasteiger partial charge in [-0.1, -0.05) is 24.3 Å². The topological polar surface area (TPSA) is 59.1 Å². The largest absolute Gasteiger partial charge is 0.491 e. The van der Waals surface area contributed by atoms with Gasteiger partial charge in [0, 0.05) is 13.1 Å². The summed E-state index contributed by atoms with van der Waals surface area (Å²) in [5.74, 6) is 0.781. The summed E-state index contributed by atoms with van der Waals surface area (Å²) >= 11 is 0. The summed E-state index contributed by atoms with van der Waals surface area (Å²) < 4.78 is 24.9. The molecule has 3 atom stereocenters. The molecule has 6 nitrogen and oxygen atoms in total. The molecule has 1 saturated carbocycles. The standard InChI is InChI=1S/C29H37FN2O4/c1-19(2)35-24-12-8-20(9-13-24)16-27(33)31(17-21-6-10-23(30)11-7-21)25-14-22-15-26(25)32(18-22)28(34)36-29(3,4)5/h6-13,19,22,25-26H,14-18H2,1-5H3/t22-,25+,26-/m1/s1. The van der Waals surface area contributed by atoms with Gasteiger partial charge < -0.3 is 19.3 Å². The highest BCUT2D eigenvalue weighted by molar-refractivity contribution is 5.79. The molecule has 0 spiro atoms. The molecule has 194 valence electrons. The van der Waals surface area contributed by atoms with Gasteiger partial charge in [0.25, 0.3) is 0 Å². The van der Waals surface area contributed by atoms with E-state index in [1.54, 1.807) is 17.0 Å². The second kappa shape index (κ2) is 10.5. The van der Waals surface area contributed by atoms with Crippen molar-refractivity contribution in [1.82, 2.24) is 9.80 Å². The van der Waals surface area contributed by atoms with E-state index in [0.29, 0.717) is 19.0 Å². The Labute approximate surface area is 213 Å². The lowest BCUT2D eigenvalue weighted by Gasteiger charge is -2.40. The van der Waals surface area contributed by atoms with Crippen LogP contribution in [0.1, 0.15) is 58.6 Å². The molecule has 1 aliphatic carbocycles. The predicted molar refractivity (Wildman–Crippen MR) is 136 cm³/mol. The summed E-state index contributed by atoms with van der Waals surface area (Å²) in [7, 11) is 0. The second-order valence-corrected chi connectivity index (χ2v) is 11.2. The van der Waals surface area contributed by atoms with Crippen LogP contribution in [0.5, 0.6) is 5.75 Å². The molecule has 2 amide bonds. The SMILES string of the molecule is CC(C)Oc1ccc(CC(=O)N(Cc2ccc(F)cc2)[C@H]2C[C@@H]3C[C@H]2N(C(=O)OC(C)(C)C)C3)cc1. The number of amides is 2. The van der Waals surface area contributed by atoms with Crippen LogP contribution in [0.2, 0.25) is 0 Å². The number of fused-ring (bicyclic) bond motifs is 2. The summed E-state index contributed by atoms with van der Waals surface area (Å²) in [4.78, 5) is 30.3. The van der Waals surface area contributed by atoms with Gasteiger partial charge in [-0.3, -0.25) is 4.79 Å². The summed E-state index contributed by atoms with van der Waals surface area (Å²) in [6.07, 6.45) is 1.70. The molecule has 2 aromatic rings. The van der Waals surface area contributed by atoms with E-state index < -0.39 is 5.60 Å². The summed E-state index contributed by atoms with van der Waals surface area (Å²) in [5.41, 5.74) is 1.17. The fourth-order valence-electron chi connectivity index (χ4n) is 5.27. The maximum Gasteiger partial charge on any atom is 0.410 e. The van der Waals surface area contributed by atoms with Gasteiger partial charge >= 0.3 is 6.09 Å². The molecule has 0 aromatic heterocycles. The molecular formula is C29H37FN2O4. The number of carbonyl (C=O) groups excluding carboxylic acids is 2. The van der Waals surface area contributed by atoms with Gasteiger partial charge in [-0.15, -0.1) is 0 Å². The minimum atomic E-state index is -0.580. The zero-order valence-electron chi connectivity index (χ0n) is 21.9. The van der Waals surface area contributed by atoms with Crippen LogP contribution < -0.4 is 4.74 Å². The number of likely N-dealkylation sites (tertiary alicyclic amines) is 1. The van der Waals surface area contributed by atoms with Crippen molar-refractivity contribution in [3.63, 3.8) is 0 Å². The van der Waals surface area contributed by atoms with Crippen molar-refractivity contribution >= 4 is 12.0 Å². The van der Waals surface area contributed by atoms with Crippen molar-refractivity contribution in [2.75, 3.05) is 6.54 Å². The molecule has 2 fully saturated rings. The average molecular weight is 497 g/mol. The van der Waals surface area contributed by atoms with E-state index in [1.165, 1.54) is 12.1 Å². The summed E-state index contributed by atoms with van der Waals surface area (Å²) in [5, 5.41) is 0. The molecule has 2 aromatic carbocycles. The third kappa shape index (κ3) is 6.37. The van der Waals surface area contributed by atoms with Crippen LogP contribution in [-0.2, 0) is 22.5 Å². The van der Waals surface area contributed by atoms with Gasteiger partial charge in [-0.2, -0.15) is 0 Å². The van der Waals surface area contributed by atoms with Crippen LogP contribution in [0.25, 0.3) is 0 Å². The first-order chi connectivity index (χ1) is 17.0. The van der Waals surface area contributed by atoms with Crippen molar-refractivity contribution in [3.05, 3.63) is 65.5 Å². The number of benzene rings is 2. The maximum absolute atomic E-state index is 13.7. The number of nitrogens with zero attached hydrogens (tertiary/aromatic N) is 2. The van der Waals surface area contributed by atoms with E-state index in [0.717, 1.165) is 29.7 Å². The Balaban J connectivity index is 1.54. The molecule has 2 aliphatic rings. The molecule has 2 bridgehead atoms. The van der Waals surface area contributed by atoms with Gasteiger partial charge in [-0.25, -0.2) is 9.18 Å². The number of hydrogen-bond donors (Lipinski definition) is 0. The molecule has 7 heteroatoms. The first-order valence-corrected chi connectivity index (χ1v) is 12.8. The van der Waals surface area contributed by atoms with Crippen LogP contribution in [0, 0.1) is 11.7 Å². The number of halogens is 1. The highest BCUT2D eigenvalue weighted by Gasteiger charge is 2.50. The first kappa shape index (κ1) is 26.0. The van der Waals surface area contributed by atoms with Crippen molar-refractivity contribution in [2.45, 2.75) is 84.2 Å². The van der Waals surface area contributed by atoms with Crippen LogP contribution >= 0.6 is 0 Å². The van der Waals surface area contributed by atoms with E-state index in [4.69, 9.17) is 9.47 Å². The van der Waals surface area contributed by atoms with Crippen molar-refractivity contribution in [2.24, 2.45) is 5.92 Å². The van der Waals surface area contributed by atoms with Crippen molar-refractivity contribution in [1.29, 1.82) is 0 Å². The lowest BCUT2D eigenvalue weighted by molar-refractivity contribution is -0.135. The van der Waals surface area contributed by atoms with Crippen molar-refractivity contribution in [3.8, 4) is 5.75 Å². The van der Waals surface area contributed by atoms with Gasteiger partial charge in [0.1, 0.15) is 17.2 Å². The lowest BCUT2D eigenvalue weighted by atomic mass is 10.0. The third-order valence-electron chi connectivity index (χ3n) is 6.71. The summed E-state index contributed by atoms with van der Waals surface area (Å²) in [6, 6.07) is 13.7. The average Bonchev–Trinajstić information content (AvgIpc) is 3.40. The van der Waals surface area contributed by atoms with E-state index >= 15 is 0 Å². The van der Waals surface area contributed by atoms with Crippen LogP contribution in [-0.4, -0.2) is 52.1 Å². The Bertz CT molecular complexity index is 1060. The fourth-order valence-corrected chi connectivity index (χ4v) is 5.27. The minimum Gasteiger partial charge on any atom is -0.491 e. The zero-order valence-corrected chi connectivity index (χ0v) is 21.9. The highest BCUT2D eigenvalue weighted by Crippen LogP contribution is 2.41. The maximum atomic E-state index is 13.7. The van der Waals surface area contributed by atoms with E-state index in [-0.39, 0.29) is 42.4 Å². The molecule has 36 heavy (non-hydrogen) atoms. The molecule has 1 heterocycles. The van der Waals surface area contributed by atoms with Gasteiger partial charge in [0.2, 0.25) is 5.91 Å². The van der Waals surface area contributed by atoms with Crippen LogP contribution in [0.3, 0.4) is 0 Å². The number of carbonyl (C=O) groups is 2. The van der Waals surface area contributed by atoms with E-state index in [9.17, 15) is 14.0 Å². The zero-order chi connectivity index (χ0) is 26.0. The highest BCUT2D eigenvalue weighted by atomic mass is 19.1. The Kier molecular flexibility index (Phi) is 7.57. The molecular weight excluding hydrogens is 459 g/mol. The number of rotatable bonds is 7. The molecule has 1 saturated heterocycles. The fraction of sp³-hybridized carbons (Fsp3) is 0.517. The Morgan fingerprint density at radius 1 is 1.03 bits per heavy atom. The number of piperidine rings is 1. The van der Waals surface area contributed by atoms with Gasteiger partial charge in [-0.05, 0) is 88.8 Å². The normalized spacial score (nSPS) is 21.1. The molecule has 0 N–H and O–H groups in total. The van der Waals surface area contributed by atoms with Crippen molar-refractivity contribution < 1.29 is 23.5 Å². The van der Waals surface area contributed by atoms with E-state index in [2.05, 4.69) is 0 Å². The lowest BCUT2D eigenvalue weighted by Crippen LogP contribution is -2.54. The number of hydrogen-bond acceptors (Lipinski definition) is 4. The molecule has 1 aliphatic heterocycles. The second-order valence-electron chi connectivity index (χ2n) is 11.2. The monoisotopic (exact) mass is 496 g/mol. The van der Waals surface area contributed by atoms with Crippen LogP contribution in [0.4, 0.5) is 9.18 Å². The first-order valence-electron chi connectivity index (χ1n) is 12.8. The van der Waals surface area contributed by atoms with E-state index in [1.807, 2.05) is 63.8 Å².